The third-order valence-electron chi connectivity index (χ3n) is 7.97. The molecule has 0 aliphatic carbocycles. The van der Waals surface area contributed by atoms with Gasteiger partial charge in [0.15, 0.2) is 0 Å². The number of carbonyl (C=O) groups excluding carboxylic acids is 2. The lowest BCUT2D eigenvalue weighted by Gasteiger charge is -2.26. The summed E-state index contributed by atoms with van der Waals surface area (Å²) in [5.41, 5.74) is 5.94. The number of esters is 1. The van der Waals surface area contributed by atoms with Gasteiger partial charge >= 0.3 is 5.97 Å². The number of H-pyrrole nitrogens is 1. The zero-order valence-corrected chi connectivity index (χ0v) is 26.3. The van der Waals surface area contributed by atoms with Crippen LogP contribution in [0, 0.1) is 0 Å². The van der Waals surface area contributed by atoms with Crippen LogP contribution in [0.2, 0.25) is 0 Å². The number of benzene rings is 3. The van der Waals surface area contributed by atoms with Crippen LogP contribution in [0.5, 0.6) is 0 Å². The highest BCUT2D eigenvalue weighted by Gasteiger charge is 2.26. The van der Waals surface area contributed by atoms with Gasteiger partial charge in [-0.3, -0.25) is 9.52 Å². The smallest absolute Gasteiger partial charge is 0.349 e. The van der Waals surface area contributed by atoms with E-state index < -0.39 is 16.0 Å². The average Bonchev–Trinajstić information content (AvgIpc) is 3.74. The molecule has 0 bridgehead atoms. The average molecular weight is 653 g/mol. The third kappa shape index (κ3) is 5.40. The van der Waals surface area contributed by atoms with Crippen molar-refractivity contribution < 1.29 is 27.5 Å². The molecule has 7 rings (SSSR count). The summed E-state index contributed by atoms with van der Waals surface area (Å²) in [7, 11) is -2.89. The molecule has 0 radical (unpaired) electrons. The summed E-state index contributed by atoms with van der Waals surface area (Å²) in [6.45, 7) is 2.20. The second-order valence-electron chi connectivity index (χ2n) is 10.7. The highest BCUT2D eigenvalue weighted by Crippen LogP contribution is 2.41. The van der Waals surface area contributed by atoms with Gasteiger partial charge in [0, 0.05) is 58.0 Å². The highest BCUT2D eigenvalue weighted by atomic mass is 32.2. The number of aromatic nitrogens is 2. The van der Waals surface area contributed by atoms with Crippen molar-refractivity contribution in [2.75, 3.05) is 38.1 Å². The summed E-state index contributed by atoms with van der Waals surface area (Å²) in [6, 6.07) is 24.0. The van der Waals surface area contributed by atoms with E-state index in [0.29, 0.717) is 43.2 Å². The molecule has 2 N–H and O–H groups in total. The van der Waals surface area contributed by atoms with Crippen molar-refractivity contribution in [1.29, 1.82) is 0 Å². The Kier molecular flexibility index (Phi) is 7.77. The van der Waals surface area contributed by atoms with Crippen molar-refractivity contribution in [3.05, 3.63) is 101 Å². The second kappa shape index (κ2) is 12.0. The normalized spacial score (nSPS) is 13.6. The Morgan fingerprint density at radius 3 is 2.48 bits per heavy atom. The number of thiophene rings is 1. The van der Waals surface area contributed by atoms with E-state index in [4.69, 9.17) is 14.5 Å². The van der Waals surface area contributed by atoms with Crippen molar-refractivity contribution in [2.45, 2.75) is 4.90 Å². The number of methoxy groups -OCH3 is 1. The van der Waals surface area contributed by atoms with E-state index in [2.05, 4.69) is 9.71 Å². The molecule has 0 atom stereocenters. The molecular formula is C34H28N4O6S2. The molecule has 232 valence electrons. The van der Waals surface area contributed by atoms with Crippen LogP contribution < -0.4 is 4.72 Å². The van der Waals surface area contributed by atoms with Crippen molar-refractivity contribution in [3.63, 3.8) is 0 Å². The predicted octanol–water partition coefficient (Wildman–Crippen LogP) is 6.17. The molecule has 10 nitrogen and oxygen atoms in total. The molecule has 0 saturated carbocycles. The number of nitrogens with one attached hydrogen (secondary N) is 2. The number of carbonyl (C=O) groups is 2. The number of amides is 1. The maximum atomic E-state index is 13.4. The number of hydrogen-bond donors (Lipinski definition) is 2. The number of anilines is 1. The SMILES string of the molecule is COC(=O)c1sccc1S(=O)(=O)Nc1ccc2[nH]c3ncc(-c4ccc(C(=O)N5CCOCC5)cc4)c(-c4ccccc4)c3c2c1. The number of sulfonamides is 1. The summed E-state index contributed by atoms with van der Waals surface area (Å²) in [5.74, 6) is -0.744. The van der Waals surface area contributed by atoms with Gasteiger partial charge in [-0.05, 0) is 52.9 Å². The molecule has 0 spiro atoms. The molecule has 3 aromatic heterocycles. The molecule has 1 amide bonds. The largest absolute Gasteiger partial charge is 0.465 e. The van der Waals surface area contributed by atoms with Crippen molar-refractivity contribution in [2.24, 2.45) is 0 Å². The molecule has 46 heavy (non-hydrogen) atoms. The van der Waals surface area contributed by atoms with Gasteiger partial charge in [0.05, 0.1) is 20.3 Å². The number of morpholine rings is 1. The van der Waals surface area contributed by atoms with Gasteiger partial charge in [0.25, 0.3) is 15.9 Å². The van der Waals surface area contributed by atoms with Crippen molar-refractivity contribution in [3.8, 4) is 22.3 Å². The van der Waals surface area contributed by atoms with Crippen LogP contribution in [0.4, 0.5) is 5.69 Å². The molecule has 6 aromatic rings. The first-order valence-corrected chi connectivity index (χ1v) is 16.9. The first kappa shape index (κ1) is 29.7. The molecule has 1 aliphatic heterocycles. The summed E-state index contributed by atoms with van der Waals surface area (Å²) < 4.78 is 39.5. The molecule has 3 aromatic carbocycles. The second-order valence-corrected chi connectivity index (χ2v) is 13.3. The summed E-state index contributed by atoms with van der Waals surface area (Å²) in [6.07, 6.45) is 1.81. The lowest BCUT2D eigenvalue weighted by molar-refractivity contribution is 0.0303. The Morgan fingerprint density at radius 2 is 1.74 bits per heavy atom. The van der Waals surface area contributed by atoms with E-state index in [9.17, 15) is 18.0 Å². The number of fused-ring (bicyclic) bond motifs is 3. The van der Waals surface area contributed by atoms with Crippen LogP contribution in [-0.4, -0.2) is 68.6 Å². The van der Waals surface area contributed by atoms with E-state index >= 15 is 0 Å². The van der Waals surface area contributed by atoms with Gasteiger partial charge in [-0.1, -0.05) is 42.5 Å². The third-order valence-corrected chi connectivity index (χ3v) is 10.4. The first-order chi connectivity index (χ1) is 22.3. The molecule has 1 saturated heterocycles. The Labute approximate surface area is 268 Å². The predicted molar refractivity (Wildman–Crippen MR) is 178 cm³/mol. The molecular weight excluding hydrogens is 625 g/mol. The number of aromatic amines is 1. The van der Waals surface area contributed by atoms with Crippen molar-refractivity contribution >= 4 is 60.9 Å². The number of pyridine rings is 1. The van der Waals surface area contributed by atoms with Crippen LogP contribution in [0.1, 0.15) is 20.0 Å². The Bertz CT molecular complexity index is 2200. The van der Waals surface area contributed by atoms with Crippen LogP contribution >= 0.6 is 11.3 Å². The van der Waals surface area contributed by atoms with E-state index in [1.54, 1.807) is 23.1 Å². The fourth-order valence-corrected chi connectivity index (χ4v) is 8.13. The fraction of sp³-hybridized carbons (Fsp3) is 0.147. The maximum absolute atomic E-state index is 13.4. The van der Waals surface area contributed by atoms with Crippen LogP contribution in [0.15, 0.2) is 95.3 Å². The zero-order chi connectivity index (χ0) is 31.8. The van der Waals surface area contributed by atoms with Gasteiger partial charge in [-0.2, -0.15) is 0 Å². The van der Waals surface area contributed by atoms with Crippen LogP contribution in [0.3, 0.4) is 0 Å². The standard InChI is InChI=1S/C34H28N4O6S2/c1-43-34(40)31-28(13-18-45-31)46(41,42)37-24-11-12-27-25(19-24)30-29(22-5-3-2-4-6-22)26(20-35-32(30)36-27)21-7-9-23(10-8-21)33(39)38-14-16-44-17-15-38/h2-13,18-20,37H,14-17H2,1H3,(H,35,36). The van der Waals surface area contributed by atoms with Gasteiger partial charge in [-0.15, -0.1) is 11.3 Å². The Hall–Kier alpha value is -5.04. The van der Waals surface area contributed by atoms with E-state index in [1.807, 2.05) is 60.8 Å². The van der Waals surface area contributed by atoms with Gasteiger partial charge in [-0.25, -0.2) is 18.2 Å². The minimum atomic E-state index is -4.10. The monoisotopic (exact) mass is 652 g/mol. The molecule has 1 aliphatic rings. The quantitative estimate of drug-likeness (QED) is 0.197. The highest BCUT2D eigenvalue weighted by molar-refractivity contribution is 7.93. The molecule has 0 unspecified atom stereocenters. The topological polar surface area (TPSA) is 131 Å². The van der Waals surface area contributed by atoms with Gasteiger partial charge < -0.3 is 19.4 Å². The first-order valence-electron chi connectivity index (χ1n) is 14.5. The van der Waals surface area contributed by atoms with E-state index in [1.165, 1.54) is 18.6 Å². The van der Waals surface area contributed by atoms with Crippen LogP contribution in [0.25, 0.3) is 44.2 Å². The fourth-order valence-electron chi connectivity index (χ4n) is 5.75. The number of nitrogens with zero attached hydrogens (tertiary/aromatic N) is 2. The molecule has 1 fully saturated rings. The van der Waals surface area contributed by atoms with E-state index in [0.717, 1.165) is 49.9 Å². The summed E-state index contributed by atoms with van der Waals surface area (Å²) in [4.78, 5) is 35.1. The van der Waals surface area contributed by atoms with Gasteiger partial charge in [0.2, 0.25) is 0 Å². The minimum absolute atomic E-state index is 0.000964. The maximum Gasteiger partial charge on any atom is 0.349 e. The number of ether oxygens (including phenoxy) is 2. The van der Waals surface area contributed by atoms with Crippen molar-refractivity contribution in [1.82, 2.24) is 14.9 Å². The Morgan fingerprint density at radius 1 is 0.978 bits per heavy atom. The van der Waals surface area contributed by atoms with Gasteiger partial charge in [0.1, 0.15) is 15.4 Å². The summed E-state index contributed by atoms with van der Waals surface area (Å²) in [5, 5.41) is 3.12. The minimum Gasteiger partial charge on any atom is -0.465 e. The lowest BCUT2D eigenvalue weighted by atomic mass is 9.92. The molecule has 4 heterocycles. The lowest BCUT2D eigenvalue weighted by Crippen LogP contribution is -2.40. The Balaban J connectivity index is 1.33. The molecule has 12 heteroatoms. The number of hydrogen-bond acceptors (Lipinski definition) is 8. The number of rotatable bonds is 7. The van der Waals surface area contributed by atoms with E-state index in [-0.39, 0.29) is 15.7 Å². The summed E-state index contributed by atoms with van der Waals surface area (Å²) >= 11 is 1.00. The van der Waals surface area contributed by atoms with Crippen LogP contribution in [-0.2, 0) is 19.5 Å². The zero-order valence-electron chi connectivity index (χ0n) is 24.6.